The van der Waals surface area contributed by atoms with Crippen LogP contribution in [0.15, 0.2) is 85.2 Å². The third kappa shape index (κ3) is 10.4. The van der Waals surface area contributed by atoms with Crippen molar-refractivity contribution >= 4 is 5.82 Å². The number of ether oxygens (including phenoxy) is 1. The van der Waals surface area contributed by atoms with E-state index >= 15 is 0 Å². The molecule has 1 aliphatic carbocycles. The highest BCUT2D eigenvalue weighted by Gasteiger charge is 2.27. The fourth-order valence-corrected chi connectivity index (χ4v) is 6.88. The van der Waals surface area contributed by atoms with E-state index in [0.29, 0.717) is 62.1 Å². The zero-order valence-corrected chi connectivity index (χ0v) is 28.0. The minimum Gasteiger partial charge on any atom is -0.668 e. The zero-order valence-electron chi connectivity index (χ0n) is 28.0. The van der Waals surface area contributed by atoms with Gasteiger partial charge in [-0.25, -0.2) is 4.98 Å². The lowest BCUT2D eigenvalue weighted by Gasteiger charge is -2.28. The number of phenols is 1. The van der Waals surface area contributed by atoms with Crippen LogP contribution >= 0.6 is 0 Å². The van der Waals surface area contributed by atoms with Crippen molar-refractivity contribution in [1.82, 2.24) is 9.97 Å². The standard InChI is InChI=1S/C41H50N3O4/c1-29(25-30-9-3-2-4-10-30)32-11-5-6-15-37(45)36(14-7-12-32)38(46)18-16-31-17-19-39(47)40(26-31)48-24-21-34(27-35-13-8-22-43-35)33-20-23-44-41(42)28-33/h2-4,8-10,13,17,19-20,22-23,26,28-29,32,34,36-38,45-47H,5-6,11,14-16,18,21,24-25,27H2,1H3,(H2,42,44)/q-1/t29-,32+,34-,36+,37+,38-/m1/s1. The first kappa shape index (κ1) is 35.1. The largest absolute Gasteiger partial charge is 0.668 e. The predicted octanol–water partition coefficient (Wildman–Crippen LogP) is 6.86. The van der Waals surface area contributed by atoms with Crippen LogP contribution in [0.1, 0.15) is 80.2 Å². The van der Waals surface area contributed by atoms with Gasteiger partial charge in [0, 0.05) is 24.5 Å². The molecule has 7 heteroatoms. The summed E-state index contributed by atoms with van der Waals surface area (Å²) in [6, 6.07) is 23.7. The van der Waals surface area contributed by atoms with Crippen molar-refractivity contribution in [1.29, 1.82) is 0 Å². The number of anilines is 1. The molecule has 0 unspecified atom stereocenters. The summed E-state index contributed by atoms with van der Waals surface area (Å²) >= 11 is 0. The summed E-state index contributed by atoms with van der Waals surface area (Å²) in [6.07, 6.45) is 9.90. The van der Waals surface area contributed by atoms with Crippen LogP contribution in [0.5, 0.6) is 11.5 Å². The van der Waals surface area contributed by atoms with Gasteiger partial charge in [-0.2, -0.15) is 11.9 Å². The van der Waals surface area contributed by atoms with Gasteiger partial charge in [-0.1, -0.05) is 74.2 Å². The number of aliphatic hydroxyl groups excluding tert-OH is 2. The molecule has 0 bridgehead atoms. The number of nitrogens with two attached hydrogens (primary N) is 1. The highest BCUT2D eigenvalue weighted by molar-refractivity contribution is 5.42. The normalized spacial score (nSPS) is 20.2. The number of pyridine rings is 1. The van der Waals surface area contributed by atoms with Gasteiger partial charge in [-0.3, -0.25) is 0 Å². The van der Waals surface area contributed by atoms with Crippen molar-refractivity contribution in [3.05, 3.63) is 108 Å². The van der Waals surface area contributed by atoms with Gasteiger partial charge >= 0.3 is 0 Å². The summed E-state index contributed by atoms with van der Waals surface area (Å²) in [6.45, 7) is 2.68. The van der Waals surface area contributed by atoms with Crippen LogP contribution in [0, 0.1) is 29.6 Å². The number of hydrogen-bond acceptors (Lipinski definition) is 6. The molecule has 1 aliphatic rings. The summed E-state index contributed by atoms with van der Waals surface area (Å²) in [7, 11) is 0. The lowest BCUT2D eigenvalue weighted by Crippen LogP contribution is -2.32. The average molecular weight is 649 g/mol. The van der Waals surface area contributed by atoms with Crippen molar-refractivity contribution in [3.63, 3.8) is 0 Å². The molecule has 7 nitrogen and oxygen atoms in total. The lowest BCUT2D eigenvalue weighted by molar-refractivity contribution is 0.00552. The maximum Gasteiger partial charge on any atom is 0.161 e. The Morgan fingerprint density at radius 1 is 0.979 bits per heavy atom. The van der Waals surface area contributed by atoms with Crippen LogP contribution in [0.3, 0.4) is 0 Å². The first-order valence-corrected chi connectivity index (χ1v) is 17.5. The molecule has 0 radical (unpaired) electrons. The summed E-state index contributed by atoms with van der Waals surface area (Å²) in [5.74, 6) is 8.44. The number of phenolic OH excluding ortho intramolecular Hbond substituents is 1. The van der Waals surface area contributed by atoms with E-state index in [9.17, 15) is 15.3 Å². The van der Waals surface area contributed by atoms with Gasteiger partial charge in [0.25, 0.3) is 0 Å². The molecule has 0 aliphatic heterocycles. The SMILES string of the molecule is C[C@H](Cc1ccccc1)[C@@H]1C#CC[C@H]([C@H](O)CCc2ccc(O)c(OCC[C@H](Cc3ccc[n-]3)c3ccnc(N)c3)c2)[C@@H](O)CCCC1. The minimum atomic E-state index is -0.689. The molecule has 0 amide bonds. The molecule has 4 aromatic rings. The highest BCUT2D eigenvalue weighted by Crippen LogP contribution is 2.31. The van der Waals surface area contributed by atoms with E-state index in [0.717, 1.165) is 48.9 Å². The molecule has 5 rings (SSSR count). The Morgan fingerprint density at radius 2 is 1.81 bits per heavy atom. The summed E-state index contributed by atoms with van der Waals surface area (Å²) in [4.78, 5) is 8.57. The Bertz CT molecular complexity index is 1600. The number of nitrogens with zero attached hydrogens (tertiary/aromatic N) is 2. The molecule has 2 aromatic heterocycles. The van der Waals surface area contributed by atoms with Crippen LogP contribution in [-0.4, -0.2) is 39.1 Å². The van der Waals surface area contributed by atoms with Gasteiger partial charge in [0.2, 0.25) is 0 Å². The zero-order chi connectivity index (χ0) is 33.7. The molecule has 0 saturated carbocycles. The molecule has 5 N–H and O–H groups in total. The first-order valence-electron chi connectivity index (χ1n) is 17.5. The van der Waals surface area contributed by atoms with E-state index in [2.05, 4.69) is 53.0 Å². The van der Waals surface area contributed by atoms with Gasteiger partial charge < -0.3 is 30.8 Å². The Labute approximate surface area is 285 Å². The van der Waals surface area contributed by atoms with E-state index in [-0.39, 0.29) is 17.6 Å². The van der Waals surface area contributed by atoms with Crippen LogP contribution in [0.25, 0.3) is 0 Å². The quantitative estimate of drug-likeness (QED) is 0.110. The maximum absolute atomic E-state index is 11.3. The molecule has 48 heavy (non-hydrogen) atoms. The van der Waals surface area contributed by atoms with E-state index in [1.54, 1.807) is 18.5 Å². The van der Waals surface area contributed by atoms with Crippen LogP contribution in [0.2, 0.25) is 0 Å². The first-order chi connectivity index (χ1) is 23.4. The molecule has 0 saturated heterocycles. The van der Waals surface area contributed by atoms with Gasteiger partial charge in [0.15, 0.2) is 11.5 Å². The summed E-state index contributed by atoms with van der Waals surface area (Å²) < 4.78 is 6.10. The van der Waals surface area contributed by atoms with E-state index in [1.165, 1.54) is 5.56 Å². The molecule has 0 fully saturated rings. The smallest absolute Gasteiger partial charge is 0.161 e. The summed E-state index contributed by atoms with van der Waals surface area (Å²) in [5.41, 5.74) is 10.3. The Balaban J connectivity index is 1.17. The maximum atomic E-state index is 11.3. The van der Waals surface area contributed by atoms with Gasteiger partial charge in [0.1, 0.15) is 5.82 Å². The number of aromatic hydroxyl groups is 1. The highest BCUT2D eigenvalue weighted by atomic mass is 16.5. The van der Waals surface area contributed by atoms with Crippen molar-refractivity contribution < 1.29 is 20.1 Å². The predicted molar refractivity (Wildman–Crippen MR) is 191 cm³/mol. The average Bonchev–Trinajstić information content (AvgIpc) is 3.61. The Hall–Kier alpha value is -4.25. The van der Waals surface area contributed by atoms with Gasteiger partial charge in [0.05, 0.1) is 18.8 Å². The Kier molecular flexibility index (Phi) is 13.0. The van der Waals surface area contributed by atoms with E-state index in [1.807, 2.05) is 42.5 Å². The lowest BCUT2D eigenvalue weighted by atomic mass is 9.82. The molecule has 0 spiro atoms. The molecular formula is C41H50N3O4-. The number of rotatable bonds is 14. The van der Waals surface area contributed by atoms with Crippen molar-refractivity contribution in [2.45, 2.75) is 89.3 Å². The molecular weight excluding hydrogens is 598 g/mol. The summed E-state index contributed by atoms with van der Waals surface area (Å²) in [5, 5.41) is 32.9. The number of aromatic nitrogens is 2. The monoisotopic (exact) mass is 648 g/mol. The molecule has 2 aromatic carbocycles. The molecule has 2 heterocycles. The van der Waals surface area contributed by atoms with Crippen LogP contribution < -0.4 is 15.5 Å². The van der Waals surface area contributed by atoms with Crippen molar-refractivity contribution in [2.75, 3.05) is 12.3 Å². The van der Waals surface area contributed by atoms with Crippen molar-refractivity contribution in [2.24, 2.45) is 17.8 Å². The molecule has 6 atom stereocenters. The fraction of sp³-hybridized carbons (Fsp3) is 0.439. The van der Waals surface area contributed by atoms with Crippen LogP contribution in [0.4, 0.5) is 5.82 Å². The number of hydrogen-bond donors (Lipinski definition) is 4. The third-order valence-electron chi connectivity index (χ3n) is 9.79. The Morgan fingerprint density at radius 3 is 2.60 bits per heavy atom. The van der Waals surface area contributed by atoms with Gasteiger partial charge in [-0.15, -0.1) is 5.92 Å². The van der Waals surface area contributed by atoms with E-state index < -0.39 is 12.2 Å². The number of benzene rings is 2. The second-order valence-electron chi connectivity index (χ2n) is 13.4. The number of nitrogen functional groups attached to an aromatic ring is 1. The van der Waals surface area contributed by atoms with E-state index in [4.69, 9.17) is 10.5 Å². The minimum absolute atomic E-state index is 0.0794. The third-order valence-corrected chi connectivity index (χ3v) is 9.79. The van der Waals surface area contributed by atoms with Crippen molar-refractivity contribution in [3.8, 4) is 23.3 Å². The number of aliphatic hydroxyl groups is 2. The topological polar surface area (TPSA) is 123 Å². The fourth-order valence-electron chi connectivity index (χ4n) is 6.88. The van der Waals surface area contributed by atoms with Crippen LogP contribution in [-0.2, 0) is 19.3 Å². The second-order valence-corrected chi connectivity index (χ2v) is 13.4. The second kappa shape index (κ2) is 17.8. The molecule has 254 valence electrons. The number of aryl methyl sites for hydroxylation is 1. The van der Waals surface area contributed by atoms with Gasteiger partial charge in [-0.05, 0) is 97.7 Å².